The van der Waals surface area contributed by atoms with E-state index in [0.29, 0.717) is 24.4 Å². The summed E-state index contributed by atoms with van der Waals surface area (Å²) in [4.78, 5) is 16.5. The van der Waals surface area contributed by atoms with Crippen molar-refractivity contribution in [3.8, 4) is 6.07 Å². The molecule has 0 unspecified atom stereocenters. The molecular weight excluding hydrogens is 290 g/mol. The summed E-state index contributed by atoms with van der Waals surface area (Å²) >= 11 is 0. The van der Waals surface area contributed by atoms with Crippen molar-refractivity contribution < 1.29 is 9.21 Å². The second-order valence-electron chi connectivity index (χ2n) is 5.79. The zero-order valence-electron chi connectivity index (χ0n) is 13.2. The van der Waals surface area contributed by atoms with Crippen LogP contribution in [0, 0.1) is 18.3 Å². The molecule has 0 aliphatic carbocycles. The third kappa shape index (κ3) is 3.61. The van der Waals surface area contributed by atoms with Crippen molar-refractivity contribution in [2.45, 2.75) is 13.5 Å². The fourth-order valence-electron chi connectivity index (χ4n) is 2.76. The van der Waals surface area contributed by atoms with E-state index in [1.165, 1.54) is 5.56 Å². The van der Waals surface area contributed by atoms with Crippen LogP contribution in [0.15, 0.2) is 40.8 Å². The maximum Gasteiger partial charge on any atom is 0.289 e. The molecule has 1 aliphatic heterocycles. The van der Waals surface area contributed by atoms with Gasteiger partial charge < -0.3 is 9.32 Å². The number of aryl methyl sites for hydroxylation is 1. The van der Waals surface area contributed by atoms with E-state index in [0.717, 1.165) is 25.4 Å². The highest BCUT2D eigenvalue weighted by molar-refractivity contribution is 5.91. The van der Waals surface area contributed by atoms with Crippen LogP contribution in [0.4, 0.5) is 0 Å². The molecule has 3 rings (SSSR count). The quantitative estimate of drug-likeness (QED) is 0.873. The van der Waals surface area contributed by atoms with E-state index in [9.17, 15) is 4.79 Å². The number of nitrogens with zero attached hydrogens (tertiary/aromatic N) is 3. The van der Waals surface area contributed by atoms with Gasteiger partial charge >= 0.3 is 0 Å². The number of amides is 1. The number of piperazine rings is 1. The van der Waals surface area contributed by atoms with Crippen LogP contribution in [0.2, 0.25) is 0 Å². The van der Waals surface area contributed by atoms with Gasteiger partial charge in [-0.3, -0.25) is 9.69 Å². The van der Waals surface area contributed by atoms with Gasteiger partial charge in [0, 0.05) is 32.7 Å². The number of benzene rings is 1. The highest BCUT2D eigenvalue weighted by Crippen LogP contribution is 2.14. The monoisotopic (exact) mass is 309 g/mol. The standard InChI is InChI=1S/C18H19N3O2/c1-14-2-7-17(23-14)18(22)21-10-8-20(9-11-21)13-16-5-3-15(12-19)4-6-16/h2-7H,8-11,13H2,1H3. The summed E-state index contributed by atoms with van der Waals surface area (Å²) in [6.45, 7) is 5.76. The van der Waals surface area contributed by atoms with Gasteiger partial charge in [0.25, 0.3) is 5.91 Å². The van der Waals surface area contributed by atoms with Crippen LogP contribution >= 0.6 is 0 Å². The Bertz CT molecular complexity index is 719. The van der Waals surface area contributed by atoms with Crippen LogP contribution in [-0.2, 0) is 6.54 Å². The summed E-state index contributed by atoms with van der Waals surface area (Å²) in [6.07, 6.45) is 0. The normalized spacial score (nSPS) is 15.4. The van der Waals surface area contributed by atoms with Crippen molar-refractivity contribution in [1.29, 1.82) is 5.26 Å². The summed E-state index contributed by atoms with van der Waals surface area (Å²) in [5.74, 6) is 1.15. The van der Waals surface area contributed by atoms with Gasteiger partial charge in [-0.1, -0.05) is 12.1 Å². The van der Waals surface area contributed by atoms with Crippen molar-refractivity contribution >= 4 is 5.91 Å². The molecule has 5 heteroatoms. The molecule has 2 aromatic rings. The minimum atomic E-state index is -0.0314. The van der Waals surface area contributed by atoms with Gasteiger partial charge in [0.2, 0.25) is 0 Å². The summed E-state index contributed by atoms with van der Waals surface area (Å²) in [7, 11) is 0. The van der Waals surface area contributed by atoms with Gasteiger partial charge in [-0.15, -0.1) is 0 Å². The van der Waals surface area contributed by atoms with Gasteiger partial charge in [0.05, 0.1) is 11.6 Å². The van der Waals surface area contributed by atoms with Crippen LogP contribution in [0.25, 0.3) is 0 Å². The van der Waals surface area contributed by atoms with Crippen molar-refractivity contribution in [3.05, 3.63) is 59.0 Å². The Balaban J connectivity index is 1.53. The van der Waals surface area contributed by atoms with Crippen molar-refractivity contribution in [3.63, 3.8) is 0 Å². The first-order chi connectivity index (χ1) is 11.2. The number of hydrogen-bond donors (Lipinski definition) is 0. The Morgan fingerprint density at radius 2 is 1.83 bits per heavy atom. The van der Waals surface area contributed by atoms with Crippen LogP contribution < -0.4 is 0 Å². The van der Waals surface area contributed by atoms with Gasteiger partial charge in [-0.25, -0.2) is 0 Å². The molecular formula is C18H19N3O2. The minimum absolute atomic E-state index is 0.0314. The van der Waals surface area contributed by atoms with Crippen LogP contribution in [0.5, 0.6) is 0 Å². The highest BCUT2D eigenvalue weighted by Gasteiger charge is 2.23. The number of nitriles is 1. The zero-order valence-corrected chi connectivity index (χ0v) is 13.2. The summed E-state index contributed by atoms with van der Waals surface area (Å²) < 4.78 is 5.41. The Hall–Kier alpha value is -2.58. The largest absolute Gasteiger partial charge is 0.456 e. The molecule has 0 saturated carbocycles. The van der Waals surface area contributed by atoms with E-state index in [4.69, 9.17) is 9.68 Å². The third-order valence-electron chi connectivity index (χ3n) is 4.10. The fourth-order valence-corrected chi connectivity index (χ4v) is 2.76. The lowest BCUT2D eigenvalue weighted by molar-refractivity contribution is 0.0596. The number of furan rings is 1. The molecule has 0 atom stereocenters. The molecule has 2 heterocycles. The maximum atomic E-state index is 12.3. The highest BCUT2D eigenvalue weighted by atomic mass is 16.3. The second kappa shape index (κ2) is 6.67. The fraction of sp³-hybridized carbons (Fsp3) is 0.333. The van der Waals surface area contributed by atoms with Crippen molar-refractivity contribution in [1.82, 2.24) is 9.80 Å². The van der Waals surface area contributed by atoms with Gasteiger partial charge in [0.15, 0.2) is 5.76 Å². The van der Waals surface area contributed by atoms with E-state index in [-0.39, 0.29) is 5.91 Å². The molecule has 1 aromatic heterocycles. The van der Waals surface area contributed by atoms with Gasteiger partial charge in [0.1, 0.15) is 5.76 Å². The van der Waals surface area contributed by atoms with E-state index >= 15 is 0 Å². The molecule has 0 spiro atoms. The second-order valence-corrected chi connectivity index (χ2v) is 5.79. The number of carbonyl (C=O) groups excluding carboxylic acids is 1. The average Bonchev–Trinajstić information content (AvgIpc) is 3.02. The van der Waals surface area contributed by atoms with E-state index in [2.05, 4.69) is 11.0 Å². The third-order valence-corrected chi connectivity index (χ3v) is 4.10. The van der Waals surface area contributed by atoms with Crippen LogP contribution in [-0.4, -0.2) is 41.9 Å². The molecule has 1 aromatic carbocycles. The zero-order chi connectivity index (χ0) is 16.2. The molecule has 5 nitrogen and oxygen atoms in total. The average molecular weight is 309 g/mol. The lowest BCUT2D eigenvalue weighted by Crippen LogP contribution is -2.48. The number of hydrogen-bond acceptors (Lipinski definition) is 4. The Kier molecular flexibility index (Phi) is 4.45. The summed E-state index contributed by atoms with van der Waals surface area (Å²) in [6, 6.07) is 13.3. The summed E-state index contributed by atoms with van der Waals surface area (Å²) in [5.41, 5.74) is 1.86. The SMILES string of the molecule is Cc1ccc(C(=O)N2CCN(Cc3ccc(C#N)cc3)CC2)o1. The smallest absolute Gasteiger partial charge is 0.289 e. The van der Waals surface area contributed by atoms with E-state index < -0.39 is 0 Å². The molecule has 118 valence electrons. The molecule has 0 bridgehead atoms. The van der Waals surface area contributed by atoms with Crippen LogP contribution in [0.1, 0.15) is 27.4 Å². The first kappa shape index (κ1) is 15.3. The predicted molar refractivity (Wildman–Crippen MR) is 85.8 cm³/mol. The predicted octanol–water partition coefficient (Wildman–Crippen LogP) is 2.42. The Labute approximate surface area is 135 Å². The minimum Gasteiger partial charge on any atom is -0.456 e. The van der Waals surface area contributed by atoms with E-state index in [1.807, 2.05) is 42.2 Å². The number of rotatable bonds is 3. The topological polar surface area (TPSA) is 60.5 Å². The molecule has 1 aliphatic rings. The van der Waals surface area contributed by atoms with Crippen LogP contribution in [0.3, 0.4) is 0 Å². The van der Waals surface area contributed by atoms with Crippen molar-refractivity contribution in [2.75, 3.05) is 26.2 Å². The molecule has 1 amide bonds. The molecule has 23 heavy (non-hydrogen) atoms. The maximum absolute atomic E-state index is 12.3. The number of carbonyl (C=O) groups is 1. The Morgan fingerprint density at radius 3 is 2.39 bits per heavy atom. The molecule has 0 N–H and O–H groups in total. The van der Waals surface area contributed by atoms with Crippen molar-refractivity contribution in [2.24, 2.45) is 0 Å². The van der Waals surface area contributed by atoms with Gasteiger partial charge in [-0.05, 0) is 36.8 Å². The molecule has 1 fully saturated rings. The lowest BCUT2D eigenvalue weighted by Gasteiger charge is -2.34. The lowest BCUT2D eigenvalue weighted by atomic mass is 10.1. The first-order valence-electron chi connectivity index (χ1n) is 7.73. The Morgan fingerprint density at radius 1 is 1.13 bits per heavy atom. The summed E-state index contributed by atoms with van der Waals surface area (Å²) in [5, 5.41) is 8.82. The van der Waals surface area contributed by atoms with Gasteiger partial charge in [-0.2, -0.15) is 5.26 Å². The first-order valence-corrected chi connectivity index (χ1v) is 7.73. The molecule has 1 saturated heterocycles. The molecule has 0 radical (unpaired) electrons. The van der Waals surface area contributed by atoms with E-state index in [1.54, 1.807) is 6.07 Å².